The Balaban J connectivity index is 3.25. The van der Waals surface area contributed by atoms with Crippen molar-refractivity contribution in [1.29, 1.82) is 0 Å². The first kappa shape index (κ1) is 18.4. The Labute approximate surface area is 122 Å². The summed E-state index contributed by atoms with van der Waals surface area (Å²) in [7, 11) is 0. The summed E-state index contributed by atoms with van der Waals surface area (Å²) >= 11 is 0. The molecule has 0 aliphatic heterocycles. The molecule has 0 amide bonds. The molecule has 0 spiro atoms. The van der Waals surface area contributed by atoms with Gasteiger partial charge in [-0.15, -0.1) is 26.3 Å². The van der Waals surface area contributed by atoms with Crippen LogP contribution in [0, 0.1) is 5.41 Å². The third-order valence-corrected chi connectivity index (χ3v) is 2.56. The monoisotopic (exact) mass is 332 g/mol. The van der Waals surface area contributed by atoms with Crippen molar-refractivity contribution in [2.24, 2.45) is 5.41 Å². The Hall–Kier alpha value is -1.64. The van der Waals surface area contributed by atoms with Gasteiger partial charge < -0.3 is 14.6 Å². The maximum atomic E-state index is 12.3. The Bertz CT molecular complexity index is 516. The summed E-state index contributed by atoms with van der Waals surface area (Å²) in [6, 6.07) is 2.38. The van der Waals surface area contributed by atoms with E-state index in [9.17, 15) is 31.4 Å². The molecule has 9 heteroatoms. The van der Waals surface area contributed by atoms with Crippen molar-refractivity contribution in [2.75, 3.05) is 0 Å². The fourth-order valence-corrected chi connectivity index (χ4v) is 1.61. The van der Waals surface area contributed by atoms with Crippen LogP contribution in [0.15, 0.2) is 18.2 Å². The van der Waals surface area contributed by atoms with Gasteiger partial charge in [0.15, 0.2) is 11.5 Å². The molecule has 0 saturated heterocycles. The van der Waals surface area contributed by atoms with Gasteiger partial charge in [0.1, 0.15) is 0 Å². The van der Waals surface area contributed by atoms with Crippen LogP contribution in [0.1, 0.15) is 32.4 Å². The minimum absolute atomic E-state index is 0.0266. The minimum Gasteiger partial charge on any atom is -0.402 e. The molecule has 0 aliphatic carbocycles. The van der Waals surface area contributed by atoms with Crippen LogP contribution in [0.4, 0.5) is 26.3 Å². The largest absolute Gasteiger partial charge is 0.573 e. The Kier molecular flexibility index (Phi) is 4.91. The first-order valence-electron chi connectivity index (χ1n) is 6.02. The van der Waals surface area contributed by atoms with E-state index in [4.69, 9.17) is 0 Å². The number of halogens is 6. The van der Waals surface area contributed by atoms with Crippen LogP contribution >= 0.6 is 0 Å². The zero-order chi connectivity index (χ0) is 17.3. The summed E-state index contributed by atoms with van der Waals surface area (Å²) in [6.45, 7) is 4.84. The lowest BCUT2D eigenvalue weighted by Crippen LogP contribution is -2.22. The summed E-state index contributed by atoms with van der Waals surface area (Å²) in [6.07, 6.45) is -11.6. The SMILES string of the molecule is CC(C)(C)C(O)c1ccc(OC(F)(F)F)c(OC(F)(F)F)c1. The molecule has 1 N–H and O–H groups in total. The first-order valence-corrected chi connectivity index (χ1v) is 6.02. The summed E-state index contributed by atoms with van der Waals surface area (Å²) in [5, 5.41) is 10.0. The van der Waals surface area contributed by atoms with Crippen molar-refractivity contribution in [3.8, 4) is 11.5 Å². The average molecular weight is 332 g/mol. The van der Waals surface area contributed by atoms with Gasteiger partial charge in [0, 0.05) is 0 Å². The number of aliphatic hydroxyl groups is 1. The molecule has 1 aromatic rings. The molecule has 3 nitrogen and oxygen atoms in total. The number of hydrogen-bond acceptors (Lipinski definition) is 3. The average Bonchev–Trinajstić information content (AvgIpc) is 2.25. The lowest BCUT2D eigenvalue weighted by molar-refractivity contribution is -0.287. The molecule has 1 rings (SSSR count). The highest BCUT2D eigenvalue weighted by atomic mass is 19.4. The Morgan fingerprint density at radius 1 is 0.864 bits per heavy atom. The zero-order valence-corrected chi connectivity index (χ0v) is 11.8. The molecule has 0 aliphatic rings. The standard InChI is InChI=1S/C13H14F6O3/c1-11(2,3)10(20)7-4-5-8(21-12(14,15)16)9(6-7)22-13(17,18)19/h4-6,10,20H,1-3H3. The van der Waals surface area contributed by atoms with Gasteiger partial charge in [-0.3, -0.25) is 0 Å². The second-order valence-corrected chi connectivity index (χ2v) is 5.57. The van der Waals surface area contributed by atoms with Crippen LogP contribution in [0.25, 0.3) is 0 Å². The van der Waals surface area contributed by atoms with Gasteiger partial charge in [-0.05, 0) is 23.1 Å². The van der Waals surface area contributed by atoms with E-state index in [1.54, 1.807) is 20.8 Å². The number of rotatable bonds is 3. The molecular weight excluding hydrogens is 318 g/mol. The smallest absolute Gasteiger partial charge is 0.402 e. The lowest BCUT2D eigenvalue weighted by Gasteiger charge is -2.27. The first-order chi connectivity index (χ1) is 9.69. The molecule has 0 heterocycles. The van der Waals surface area contributed by atoms with Crippen LogP contribution in [0.5, 0.6) is 11.5 Å². The maximum Gasteiger partial charge on any atom is 0.573 e. The van der Waals surface area contributed by atoms with Crippen LogP contribution in [0.3, 0.4) is 0 Å². The van der Waals surface area contributed by atoms with E-state index in [0.717, 1.165) is 6.07 Å². The second kappa shape index (κ2) is 5.86. The number of benzene rings is 1. The van der Waals surface area contributed by atoms with Gasteiger partial charge >= 0.3 is 12.7 Å². The van der Waals surface area contributed by atoms with Gasteiger partial charge in [-0.2, -0.15) is 0 Å². The van der Waals surface area contributed by atoms with E-state index in [-0.39, 0.29) is 5.56 Å². The molecule has 0 aromatic heterocycles. The number of hydrogen-bond donors (Lipinski definition) is 1. The van der Waals surface area contributed by atoms with Gasteiger partial charge in [0.2, 0.25) is 0 Å². The van der Waals surface area contributed by atoms with E-state index in [2.05, 4.69) is 9.47 Å². The van der Waals surface area contributed by atoms with Crippen molar-refractivity contribution in [3.05, 3.63) is 23.8 Å². The van der Waals surface area contributed by atoms with Crippen LogP contribution in [-0.4, -0.2) is 17.8 Å². The van der Waals surface area contributed by atoms with Crippen molar-refractivity contribution in [1.82, 2.24) is 0 Å². The highest BCUT2D eigenvalue weighted by Gasteiger charge is 2.37. The summed E-state index contributed by atoms with van der Waals surface area (Å²) in [4.78, 5) is 0. The Morgan fingerprint density at radius 3 is 1.73 bits per heavy atom. The highest BCUT2D eigenvalue weighted by molar-refractivity contribution is 5.44. The molecule has 0 radical (unpaired) electrons. The van der Waals surface area contributed by atoms with Crippen LogP contribution < -0.4 is 9.47 Å². The fraction of sp³-hybridized carbons (Fsp3) is 0.538. The summed E-state index contributed by atoms with van der Waals surface area (Å²) in [5.41, 5.74) is -0.761. The molecule has 0 bridgehead atoms. The van der Waals surface area contributed by atoms with Gasteiger partial charge in [-0.1, -0.05) is 26.8 Å². The molecule has 22 heavy (non-hydrogen) atoms. The van der Waals surface area contributed by atoms with E-state index >= 15 is 0 Å². The van der Waals surface area contributed by atoms with Gasteiger partial charge in [0.25, 0.3) is 0 Å². The predicted molar refractivity (Wildman–Crippen MR) is 64.2 cm³/mol. The summed E-state index contributed by atoms with van der Waals surface area (Å²) < 4.78 is 80.5. The van der Waals surface area contributed by atoms with Crippen molar-refractivity contribution in [2.45, 2.75) is 39.6 Å². The van der Waals surface area contributed by atoms with E-state index in [1.807, 2.05) is 0 Å². The maximum absolute atomic E-state index is 12.3. The molecule has 0 saturated carbocycles. The summed E-state index contributed by atoms with van der Waals surface area (Å²) in [5.74, 6) is -2.32. The third-order valence-electron chi connectivity index (χ3n) is 2.56. The molecule has 0 fully saturated rings. The van der Waals surface area contributed by atoms with Crippen LogP contribution in [-0.2, 0) is 0 Å². The molecule has 126 valence electrons. The molecule has 1 unspecified atom stereocenters. The van der Waals surface area contributed by atoms with Crippen molar-refractivity contribution in [3.63, 3.8) is 0 Å². The normalized spacial score (nSPS) is 14.6. The fourth-order valence-electron chi connectivity index (χ4n) is 1.61. The van der Waals surface area contributed by atoms with E-state index < -0.39 is 35.7 Å². The zero-order valence-electron chi connectivity index (χ0n) is 11.8. The van der Waals surface area contributed by atoms with Crippen molar-refractivity contribution < 1.29 is 40.9 Å². The molecule has 1 atom stereocenters. The number of ether oxygens (including phenoxy) is 2. The van der Waals surface area contributed by atoms with Gasteiger partial charge in [0.05, 0.1) is 6.10 Å². The number of aliphatic hydroxyl groups excluding tert-OH is 1. The third kappa shape index (κ3) is 5.63. The van der Waals surface area contributed by atoms with Gasteiger partial charge in [-0.25, -0.2) is 0 Å². The molecule has 1 aromatic carbocycles. The van der Waals surface area contributed by atoms with Crippen molar-refractivity contribution >= 4 is 0 Å². The topological polar surface area (TPSA) is 38.7 Å². The second-order valence-electron chi connectivity index (χ2n) is 5.57. The Morgan fingerprint density at radius 2 is 1.32 bits per heavy atom. The quantitative estimate of drug-likeness (QED) is 0.825. The molecular formula is C13H14F6O3. The number of alkyl halides is 6. The predicted octanol–water partition coefficient (Wildman–Crippen LogP) is 4.56. The lowest BCUT2D eigenvalue weighted by atomic mass is 9.85. The highest BCUT2D eigenvalue weighted by Crippen LogP contribution is 2.40. The van der Waals surface area contributed by atoms with Crippen LogP contribution in [0.2, 0.25) is 0 Å². The minimum atomic E-state index is -5.20. The van der Waals surface area contributed by atoms with E-state index in [0.29, 0.717) is 12.1 Å². The van der Waals surface area contributed by atoms with E-state index in [1.165, 1.54) is 0 Å².